The Bertz CT molecular complexity index is 1110. The number of hydrogen-bond donors (Lipinski definition) is 0. The summed E-state index contributed by atoms with van der Waals surface area (Å²) in [6.07, 6.45) is 0. The molecular weight excluding hydrogens is 418 g/mol. The molecule has 0 unspecified atom stereocenters. The number of amides is 1. The molecule has 4 rings (SSSR count). The lowest BCUT2D eigenvalue weighted by Crippen LogP contribution is -2.30. The third-order valence-electron chi connectivity index (χ3n) is 5.13. The first-order valence-electron chi connectivity index (χ1n) is 10.5. The van der Waals surface area contributed by atoms with Crippen LogP contribution >= 0.6 is 11.6 Å². The van der Waals surface area contributed by atoms with Crippen molar-refractivity contribution in [3.8, 4) is 5.75 Å². The third-order valence-corrected chi connectivity index (χ3v) is 5.36. The van der Waals surface area contributed by atoms with Crippen LogP contribution in [0.25, 0.3) is 0 Å². The van der Waals surface area contributed by atoms with E-state index < -0.39 is 0 Å². The molecule has 160 valence electrons. The minimum Gasteiger partial charge on any atom is -0.488 e. The average Bonchev–Trinajstić information content (AvgIpc) is 2.84. The highest BCUT2D eigenvalue weighted by atomic mass is 35.5. The second-order valence-corrected chi connectivity index (χ2v) is 7.98. The van der Waals surface area contributed by atoms with Crippen LogP contribution in [-0.2, 0) is 19.7 Å². The molecule has 32 heavy (non-hydrogen) atoms. The molecule has 0 N–H and O–H groups in total. The first-order valence-corrected chi connectivity index (χ1v) is 10.9. The van der Waals surface area contributed by atoms with E-state index in [4.69, 9.17) is 16.3 Å². The Morgan fingerprint density at radius 1 is 0.688 bits per heavy atom. The SMILES string of the molecule is O=C(c1cc(Cl)ccc1OCc1ccccc1)N(Cc1ccccc1)Cc1ccccc1. The lowest BCUT2D eigenvalue weighted by Gasteiger charge is -2.24. The summed E-state index contributed by atoms with van der Waals surface area (Å²) in [6, 6.07) is 35.0. The second-order valence-electron chi connectivity index (χ2n) is 7.55. The summed E-state index contributed by atoms with van der Waals surface area (Å²) in [7, 11) is 0. The topological polar surface area (TPSA) is 29.5 Å². The number of carbonyl (C=O) groups is 1. The van der Waals surface area contributed by atoms with Gasteiger partial charge >= 0.3 is 0 Å². The minimum atomic E-state index is -0.122. The van der Waals surface area contributed by atoms with Gasteiger partial charge in [0.05, 0.1) is 5.56 Å². The molecule has 0 fully saturated rings. The molecule has 0 spiro atoms. The number of rotatable bonds is 8. The highest BCUT2D eigenvalue weighted by Crippen LogP contribution is 2.27. The molecule has 4 heteroatoms. The Balaban J connectivity index is 1.62. The largest absolute Gasteiger partial charge is 0.488 e. The average molecular weight is 442 g/mol. The molecule has 4 aromatic rings. The van der Waals surface area contributed by atoms with E-state index in [-0.39, 0.29) is 5.91 Å². The zero-order valence-electron chi connectivity index (χ0n) is 17.7. The van der Waals surface area contributed by atoms with Crippen LogP contribution in [-0.4, -0.2) is 10.8 Å². The normalized spacial score (nSPS) is 10.5. The molecule has 0 bridgehead atoms. The van der Waals surface area contributed by atoms with Gasteiger partial charge in [-0.25, -0.2) is 0 Å². The van der Waals surface area contributed by atoms with Gasteiger partial charge in [-0.2, -0.15) is 0 Å². The number of benzene rings is 4. The van der Waals surface area contributed by atoms with Crippen molar-refractivity contribution >= 4 is 17.5 Å². The molecule has 0 saturated heterocycles. The van der Waals surface area contributed by atoms with Crippen molar-refractivity contribution in [2.45, 2.75) is 19.7 Å². The lowest BCUT2D eigenvalue weighted by molar-refractivity contribution is 0.0725. The maximum Gasteiger partial charge on any atom is 0.258 e. The quantitative estimate of drug-likeness (QED) is 0.302. The Morgan fingerprint density at radius 3 is 1.72 bits per heavy atom. The van der Waals surface area contributed by atoms with Crippen molar-refractivity contribution in [1.29, 1.82) is 0 Å². The molecule has 0 aliphatic rings. The summed E-state index contributed by atoms with van der Waals surface area (Å²) >= 11 is 6.28. The van der Waals surface area contributed by atoms with Gasteiger partial charge in [0, 0.05) is 18.1 Å². The molecule has 1 amide bonds. The summed E-state index contributed by atoms with van der Waals surface area (Å²) in [6.45, 7) is 1.35. The summed E-state index contributed by atoms with van der Waals surface area (Å²) in [5.74, 6) is 0.401. The maximum atomic E-state index is 13.7. The van der Waals surface area contributed by atoms with Gasteiger partial charge in [0.2, 0.25) is 0 Å². The van der Waals surface area contributed by atoms with Gasteiger partial charge in [-0.3, -0.25) is 4.79 Å². The maximum absolute atomic E-state index is 13.7. The molecule has 0 aliphatic carbocycles. The van der Waals surface area contributed by atoms with Gasteiger partial charge in [0.25, 0.3) is 5.91 Å². The van der Waals surface area contributed by atoms with Gasteiger partial charge in [-0.15, -0.1) is 0 Å². The first kappa shape index (κ1) is 21.7. The molecule has 3 nitrogen and oxygen atoms in total. The van der Waals surface area contributed by atoms with Crippen LogP contribution < -0.4 is 4.74 Å². The van der Waals surface area contributed by atoms with Gasteiger partial charge in [-0.1, -0.05) is 103 Å². The van der Waals surface area contributed by atoms with Crippen molar-refractivity contribution in [2.75, 3.05) is 0 Å². The molecular formula is C28H24ClNO2. The van der Waals surface area contributed by atoms with Crippen LogP contribution in [0.3, 0.4) is 0 Å². The predicted octanol–water partition coefficient (Wildman–Crippen LogP) is 6.76. The van der Waals surface area contributed by atoms with E-state index >= 15 is 0 Å². The third kappa shape index (κ3) is 5.77. The lowest BCUT2D eigenvalue weighted by atomic mass is 10.1. The fourth-order valence-corrected chi connectivity index (χ4v) is 3.68. The Hall–Kier alpha value is -3.56. The number of halogens is 1. The van der Waals surface area contributed by atoms with E-state index in [0.29, 0.717) is 36.0 Å². The van der Waals surface area contributed by atoms with Crippen molar-refractivity contribution in [2.24, 2.45) is 0 Å². The first-order chi connectivity index (χ1) is 15.7. The van der Waals surface area contributed by atoms with Crippen molar-refractivity contribution < 1.29 is 9.53 Å². The summed E-state index contributed by atoms with van der Waals surface area (Å²) in [4.78, 5) is 15.6. The van der Waals surface area contributed by atoms with E-state index in [1.165, 1.54) is 0 Å². The standard InChI is InChI=1S/C28H24ClNO2/c29-25-16-17-27(32-21-24-14-8-3-9-15-24)26(18-25)28(31)30(19-22-10-4-1-5-11-22)20-23-12-6-2-7-13-23/h1-18H,19-21H2. The van der Waals surface area contributed by atoms with Crippen LogP contribution in [0.15, 0.2) is 109 Å². The predicted molar refractivity (Wildman–Crippen MR) is 129 cm³/mol. The number of ether oxygens (including phenoxy) is 1. The summed E-state index contributed by atoms with van der Waals surface area (Å²) in [5, 5.41) is 0.500. The van der Waals surface area contributed by atoms with Gasteiger partial charge in [0.1, 0.15) is 12.4 Å². The highest BCUT2D eigenvalue weighted by Gasteiger charge is 2.21. The second kappa shape index (κ2) is 10.7. The summed E-state index contributed by atoms with van der Waals surface area (Å²) in [5.41, 5.74) is 3.61. The number of hydrogen-bond acceptors (Lipinski definition) is 2. The van der Waals surface area contributed by atoms with E-state index in [2.05, 4.69) is 0 Å². The van der Waals surface area contributed by atoms with E-state index in [1.807, 2.05) is 95.9 Å². The smallest absolute Gasteiger partial charge is 0.258 e. The number of nitrogens with zero attached hydrogens (tertiary/aromatic N) is 1. The van der Waals surface area contributed by atoms with Gasteiger partial charge in [-0.05, 0) is 34.9 Å². The van der Waals surface area contributed by atoms with Crippen LogP contribution in [0.5, 0.6) is 5.75 Å². The molecule has 0 radical (unpaired) electrons. The van der Waals surface area contributed by atoms with Crippen molar-refractivity contribution in [3.63, 3.8) is 0 Å². The fraction of sp³-hybridized carbons (Fsp3) is 0.107. The number of carbonyl (C=O) groups excluding carboxylic acids is 1. The Kier molecular flexibility index (Phi) is 7.21. The van der Waals surface area contributed by atoms with Crippen molar-refractivity contribution in [3.05, 3.63) is 136 Å². The molecule has 0 saturated carbocycles. The van der Waals surface area contributed by atoms with Crippen molar-refractivity contribution in [1.82, 2.24) is 4.90 Å². The summed E-state index contributed by atoms with van der Waals surface area (Å²) < 4.78 is 6.04. The molecule has 0 aromatic heterocycles. The van der Waals surface area contributed by atoms with E-state index in [9.17, 15) is 4.79 Å². The van der Waals surface area contributed by atoms with Crippen LogP contribution in [0.4, 0.5) is 0 Å². The zero-order chi connectivity index (χ0) is 22.2. The van der Waals surface area contributed by atoms with Crippen LogP contribution in [0.1, 0.15) is 27.0 Å². The monoisotopic (exact) mass is 441 g/mol. The molecule has 0 aliphatic heterocycles. The minimum absolute atomic E-state index is 0.122. The Morgan fingerprint density at radius 2 is 1.19 bits per heavy atom. The van der Waals surface area contributed by atoms with Gasteiger partial charge in [0.15, 0.2) is 0 Å². The van der Waals surface area contributed by atoms with E-state index in [0.717, 1.165) is 16.7 Å². The van der Waals surface area contributed by atoms with Crippen LogP contribution in [0, 0.1) is 0 Å². The van der Waals surface area contributed by atoms with Crippen LogP contribution in [0.2, 0.25) is 5.02 Å². The zero-order valence-corrected chi connectivity index (χ0v) is 18.4. The van der Waals surface area contributed by atoms with E-state index in [1.54, 1.807) is 18.2 Å². The highest BCUT2D eigenvalue weighted by molar-refractivity contribution is 6.31. The molecule has 0 heterocycles. The molecule has 4 aromatic carbocycles. The fourth-order valence-electron chi connectivity index (χ4n) is 3.51. The van der Waals surface area contributed by atoms with Gasteiger partial charge < -0.3 is 9.64 Å². The molecule has 0 atom stereocenters. The Labute approximate surface area is 193 Å².